The van der Waals surface area contributed by atoms with Crippen molar-refractivity contribution in [3.05, 3.63) is 197 Å². The summed E-state index contributed by atoms with van der Waals surface area (Å²) in [7, 11) is 2.65. The van der Waals surface area contributed by atoms with Crippen LogP contribution in [0.3, 0.4) is 0 Å². The Kier molecular flexibility index (Phi) is 13.1. The molecule has 0 aromatic heterocycles. The maximum absolute atomic E-state index is 14.1. The maximum atomic E-state index is 14.1. The van der Waals surface area contributed by atoms with E-state index in [4.69, 9.17) is 18.9 Å². The molecule has 0 atom stereocenters. The standard InChI is InChI=1S/C55H46N2O10/c1-55(2,67-54(63)50(59)45(36-12-7-5-8-13-36)33-56-28-26-39-31-41(51(60)64-3)20-24-47(39)56)43-22-18-35(19-23-43)37-14-11-15-38(30-37)46(49(58)53(62)66-44-16-9-6-10-17-44)34-57-29-27-40-32-42(52(61)65-4)21-25-48(40)57/h5-25,30-34H,26-29H2,1-4H3/b45-33+,46-34+. The Bertz CT molecular complexity index is 2970. The molecule has 0 bridgehead atoms. The van der Waals surface area contributed by atoms with Gasteiger partial charge in [-0.2, -0.15) is 0 Å². The number of carbonyl (C=O) groups is 6. The number of ketones is 2. The molecule has 0 amide bonds. The van der Waals surface area contributed by atoms with Gasteiger partial charge < -0.3 is 28.7 Å². The Balaban J connectivity index is 1.03. The first-order valence-electron chi connectivity index (χ1n) is 21.6. The highest BCUT2D eigenvalue weighted by molar-refractivity contribution is 6.52. The van der Waals surface area contributed by atoms with E-state index < -0.39 is 41.0 Å². The number of fused-ring (bicyclic) bond motifs is 2. The summed E-state index contributed by atoms with van der Waals surface area (Å²) in [5, 5.41) is 0. The second-order valence-corrected chi connectivity index (χ2v) is 16.4. The summed E-state index contributed by atoms with van der Waals surface area (Å²) >= 11 is 0. The molecule has 6 aromatic rings. The van der Waals surface area contributed by atoms with E-state index in [1.165, 1.54) is 14.2 Å². The van der Waals surface area contributed by atoms with E-state index in [0.717, 1.165) is 33.6 Å². The number of hydrogen-bond donors (Lipinski definition) is 0. The highest BCUT2D eigenvalue weighted by atomic mass is 16.6. The fraction of sp³-hybridized carbons (Fsp3) is 0.164. The molecule has 0 radical (unpaired) electrons. The highest BCUT2D eigenvalue weighted by Crippen LogP contribution is 2.35. The molecule has 0 aliphatic carbocycles. The summed E-state index contributed by atoms with van der Waals surface area (Å²) < 4.78 is 21.2. The molecule has 2 aliphatic heterocycles. The van der Waals surface area contributed by atoms with Crippen LogP contribution in [0.5, 0.6) is 5.75 Å². The molecule has 2 aliphatic rings. The number of ether oxygens (including phenoxy) is 4. The van der Waals surface area contributed by atoms with Crippen LogP contribution in [0.15, 0.2) is 158 Å². The number of esters is 4. The van der Waals surface area contributed by atoms with E-state index in [2.05, 4.69) is 0 Å². The minimum atomic E-state index is -1.23. The summed E-state index contributed by atoms with van der Waals surface area (Å²) in [6.07, 6.45) is 4.52. The number of para-hydroxylation sites is 1. The molecule has 0 spiro atoms. The highest BCUT2D eigenvalue weighted by Gasteiger charge is 2.33. The smallest absolute Gasteiger partial charge is 0.385 e. The van der Waals surface area contributed by atoms with Crippen molar-refractivity contribution < 1.29 is 47.7 Å². The molecule has 0 saturated heterocycles. The van der Waals surface area contributed by atoms with E-state index in [-0.39, 0.29) is 16.9 Å². The van der Waals surface area contributed by atoms with Crippen molar-refractivity contribution in [3.8, 4) is 16.9 Å². The average molecular weight is 895 g/mol. The minimum absolute atomic E-state index is 0.104. The third-order valence-electron chi connectivity index (χ3n) is 11.8. The van der Waals surface area contributed by atoms with Crippen LogP contribution in [0.2, 0.25) is 0 Å². The molecule has 0 fully saturated rings. The van der Waals surface area contributed by atoms with Crippen molar-refractivity contribution in [1.29, 1.82) is 0 Å². The van der Waals surface area contributed by atoms with E-state index in [9.17, 15) is 28.8 Å². The summed E-state index contributed by atoms with van der Waals surface area (Å²) in [4.78, 5) is 83.5. The van der Waals surface area contributed by atoms with Crippen molar-refractivity contribution in [1.82, 2.24) is 0 Å². The van der Waals surface area contributed by atoms with Crippen molar-refractivity contribution in [2.75, 3.05) is 37.1 Å². The van der Waals surface area contributed by atoms with Gasteiger partial charge in [-0.3, -0.25) is 9.59 Å². The van der Waals surface area contributed by atoms with Crippen LogP contribution in [0.4, 0.5) is 11.4 Å². The van der Waals surface area contributed by atoms with Crippen LogP contribution in [0, 0.1) is 0 Å². The number of nitrogens with zero attached hydrogens (tertiary/aromatic N) is 2. The molecule has 8 rings (SSSR count). The van der Waals surface area contributed by atoms with Crippen LogP contribution in [-0.2, 0) is 51.8 Å². The number of Topliss-reactive ketones (excluding diaryl/α,β-unsaturated/α-hetero) is 2. The maximum Gasteiger partial charge on any atom is 0.385 e. The summed E-state index contributed by atoms with van der Waals surface area (Å²) in [5.74, 6) is -4.41. The van der Waals surface area contributed by atoms with E-state index in [1.54, 1.807) is 142 Å². The molecule has 0 N–H and O–H groups in total. The largest absolute Gasteiger partial charge is 0.465 e. The van der Waals surface area contributed by atoms with Gasteiger partial charge in [0.2, 0.25) is 0 Å². The van der Waals surface area contributed by atoms with Gasteiger partial charge in [0.1, 0.15) is 11.4 Å². The lowest BCUT2D eigenvalue weighted by atomic mass is 9.93. The summed E-state index contributed by atoms with van der Waals surface area (Å²) in [5.41, 5.74) is 6.41. The molecule has 6 aromatic carbocycles. The molecule has 67 heavy (non-hydrogen) atoms. The van der Waals surface area contributed by atoms with Gasteiger partial charge in [0, 0.05) is 36.9 Å². The molecule has 336 valence electrons. The molecule has 0 saturated carbocycles. The predicted molar refractivity (Wildman–Crippen MR) is 253 cm³/mol. The van der Waals surface area contributed by atoms with Gasteiger partial charge in [0.25, 0.3) is 11.6 Å². The van der Waals surface area contributed by atoms with Gasteiger partial charge >= 0.3 is 23.9 Å². The molecular weight excluding hydrogens is 849 g/mol. The third kappa shape index (κ3) is 9.84. The van der Waals surface area contributed by atoms with E-state index in [0.29, 0.717) is 53.7 Å². The van der Waals surface area contributed by atoms with Crippen molar-refractivity contribution in [3.63, 3.8) is 0 Å². The number of hydrogen-bond acceptors (Lipinski definition) is 12. The molecule has 12 heteroatoms. The fourth-order valence-corrected chi connectivity index (χ4v) is 8.20. The van der Waals surface area contributed by atoms with Gasteiger partial charge in [0.15, 0.2) is 0 Å². The number of rotatable bonds is 14. The van der Waals surface area contributed by atoms with Crippen molar-refractivity contribution >= 4 is 58.0 Å². The zero-order chi connectivity index (χ0) is 47.2. The second kappa shape index (κ2) is 19.4. The van der Waals surface area contributed by atoms with Gasteiger partial charge in [-0.05, 0) is 120 Å². The SMILES string of the molecule is COC(=O)c1ccc2c(c1)CCN2/C=C(/C(=O)C(=O)Oc1ccccc1)c1cccc(-c2ccc(C(C)(C)OC(=O)C(=O)/C(=C/N3CCc4cc(C(=O)OC)ccc43)c3ccccc3)cc2)c1. The Labute approximate surface area is 387 Å². The third-order valence-corrected chi connectivity index (χ3v) is 11.8. The number of anilines is 2. The monoisotopic (exact) mass is 894 g/mol. The predicted octanol–water partition coefficient (Wildman–Crippen LogP) is 8.96. The topological polar surface area (TPSA) is 146 Å². The zero-order valence-corrected chi connectivity index (χ0v) is 37.3. The van der Waals surface area contributed by atoms with Crippen LogP contribution in [0.1, 0.15) is 62.4 Å². The first-order valence-corrected chi connectivity index (χ1v) is 21.6. The van der Waals surface area contributed by atoms with Gasteiger partial charge in [0.05, 0.1) is 36.5 Å². The fourth-order valence-electron chi connectivity index (χ4n) is 8.20. The van der Waals surface area contributed by atoms with Crippen molar-refractivity contribution in [2.24, 2.45) is 0 Å². The Morgan fingerprint density at radius 2 is 1.01 bits per heavy atom. The average Bonchev–Trinajstić information content (AvgIpc) is 3.97. The van der Waals surface area contributed by atoms with Crippen LogP contribution in [-0.4, -0.2) is 62.8 Å². The summed E-state index contributed by atoms with van der Waals surface area (Å²) in [6.45, 7) is 4.44. The lowest BCUT2D eigenvalue weighted by Crippen LogP contribution is -2.31. The summed E-state index contributed by atoms with van der Waals surface area (Å²) in [6, 6.07) is 42.3. The normalized spacial score (nSPS) is 13.3. The van der Waals surface area contributed by atoms with Gasteiger partial charge in [-0.1, -0.05) is 91.0 Å². The molecule has 12 nitrogen and oxygen atoms in total. The quantitative estimate of drug-likeness (QED) is 0.0338. The van der Waals surface area contributed by atoms with Gasteiger partial charge in [-0.25, -0.2) is 19.2 Å². The van der Waals surface area contributed by atoms with Crippen LogP contribution in [0.25, 0.3) is 22.3 Å². The Hall–Kier alpha value is -8.38. The lowest BCUT2D eigenvalue weighted by molar-refractivity contribution is -0.162. The Morgan fingerprint density at radius 1 is 0.507 bits per heavy atom. The van der Waals surface area contributed by atoms with E-state index >= 15 is 0 Å². The van der Waals surface area contributed by atoms with E-state index in [1.807, 2.05) is 40.1 Å². The first kappa shape index (κ1) is 45.2. The van der Waals surface area contributed by atoms with Crippen LogP contribution < -0.4 is 14.5 Å². The lowest BCUT2D eigenvalue weighted by Gasteiger charge is -2.26. The zero-order valence-electron chi connectivity index (χ0n) is 37.3. The van der Waals surface area contributed by atoms with Crippen LogP contribution >= 0.6 is 0 Å². The number of benzene rings is 6. The second-order valence-electron chi connectivity index (χ2n) is 16.4. The minimum Gasteiger partial charge on any atom is -0.465 e. The number of carbonyl (C=O) groups excluding carboxylic acids is 6. The Morgan fingerprint density at radius 3 is 1.57 bits per heavy atom. The molecular formula is C55H46N2O10. The van der Waals surface area contributed by atoms with Gasteiger partial charge in [-0.15, -0.1) is 0 Å². The number of methoxy groups -OCH3 is 2. The van der Waals surface area contributed by atoms with Crippen molar-refractivity contribution in [2.45, 2.75) is 32.3 Å². The molecule has 2 heterocycles. The molecule has 0 unspecified atom stereocenters. The first-order chi connectivity index (χ1) is 32.3.